The smallest absolute Gasteiger partial charge is 0.319 e. The molecule has 11 heteroatoms. The zero-order valence-electron chi connectivity index (χ0n) is 17.3. The number of hydrogen-bond acceptors (Lipinski definition) is 6. The van der Waals surface area contributed by atoms with Gasteiger partial charge in [-0.3, -0.25) is 0 Å². The summed E-state index contributed by atoms with van der Waals surface area (Å²) in [7, 11) is 1.59. The lowest BCUT2D eigenvalue weighted by atomic mass is 10.3. The molecule has 0 aliphatic heterocycles. The van der Waals surface area contributed by atoms with Crippen LogP contribution in [0, 0.1) is 24.4 Å². The molecule has 4 N–H and O–H groups in total. The van der Waals surface area contributed by atoms with Gasteiger partial charge in [-0.05, 0) is 43.3 Å². The van der Waals surface area contributed by atoms with E-state index in [2.05, 4.69) is 31.2 Å². The lowest BCUT2D eigenvalue weighted by Crippen LogP contribution is -2.33. The SMILES string of the molecule is COc1ccc(Nc2cc(C)nc(NCCNC(=O)Nc3ccc(F)c(F)c3F)n2)cc1. The third-order valence-corrected chi connectivity index (χ3v) is 4.19. The first-order valence-electron chi connectivity index (χ1n) is 9.54. The van der Waals surface area contributed by atoms with Gasteiger partial charge in [-0.1, -0.05) is 0 Å². The van der Waals surface area contributed by atoms with Gasteiger partial charge in [0.1, 0.15) is 11.6 Å². The van der Waals surface area contributed by atoms with Gasteiger partial charge in [0.2, 0.25) is 5.95 Å². The zero-order valence-corrected chi connectivity index (χ0v) is 17.3. The van der Waals surface area contributed by atoms with Crippen LogP contribution in [0.3, 0.4) is 0 Å². The van der Waals surface area contributed by atoms with E-state index in [0.29, 0.717) is 11.8 Å². The first-order chi connectivity index (χ1) is 15.4. The molecule has 0 atom stereocenters. The fourth-order valence-corrected chi connectivity index (χ4v) is 2.67. The second-order valence-corrected chi connectivity index (χ2v) is 6.60. The molecule has 0 aliphatic carbocycles. The molecule has 1 aromatic heterocycles. The zero-order chi connectivity index (χ0) is 23.1. The van der Waals surface area contributed by atoms with E-state index in [0.717, 1.165) is 29.3 Å². The summed E-state index contributed by atoms with van der Waals surface area (Å²) in [5.74, 6) is -2.81. The normalized spacial score (nSPS) is 10.4. The lowest BCUT2D eigenvalue weighted by molar-refractivity contribution is 0.252. The molecule has 32 heavy (non-hydrogen) atoms. The third-order valence-electron chi connectivity index (χ3n) is 4.19. The highest BCUT2D eigenvalue weighted by atomic mass is 19.2. The Morgan fingerprint density at radius 3 is 2.47 bits per heavy atom. The van der Waals surface area contributed by atoms with E-state index < -0.39 is 29.2 Å². The number of aromatic nitrogens is 2. The molecule has 3 rings (SSSR count). The minimum Gasteiger partial charge on any atom is -0.497 e. The molecule has 168 valence electrons. The predicted molar refractivity (Wildman–Crippen MR) is 115 cm³/mol. The van der Waals surface area contributed by atoms with Crippen molar-refractivity contribution in [3.8, 4) is 5.75 Å². The summed E-state index contributed by atoms with van der Waals surface area (Å²) in [4.78, 5) is 20.5. The van der Waals surface area contributed by atoms with Crippen LogP contribution >= 0.6 is 0 Å². The number of anilines is 4. The van der Waals surface area contributed by atoms with Crippen LogP contribution in [-0.4, -0.2) is 36.2 Å². The summed E-state index contributed by atoms with van der Waals surface area (Å²) < 4.78 is 44.9. The molecule has 0 bridgehead atoms. The molecule has 0 saturated carbocycles. The Morgan fingerprint density at radius 2 is 1.75 bits per heavy atom. The van der Waals surface area contributed by atoms with Gasteiger partial charge in [-0.25, -0.2) is 22.9 Å². The lowest BCUT2D eigenvalue weighted by Gasteiger charge is -2.11. The van der Waals surface area contributed by atoms with Crippen LogP contribution in [0.25, 0.3) is 0 Å². The quantitative estimate of drug-likeness (QED) is 0.306. The molecule has 0 radical (unpaired) electrons. The van der Waals surface area contributed by atoms with Gasteiger partial charge in [0.05, 0.1) is 12.8 Å². The number of ether oxygens (including phenoxy) is 1. The summed E-state index contributed by atoms with van der Waals surface area (Å²) in [6.07, 6.45) is 0. The van der Waals surface area contributed by atoms with Crippen molar-refractivity contribution in [2.24, 2.45) is 0 Å². The Morgan fingerprint density at radius 1 is 1.00 bits per heavy atom. The second-order valence-electron chi connectivity index (χ2n) is 6.60. The van der Waals surface area contributed by atoms with Crippen molar-refractivity contribution in [2.75, 3.05) is 36.1 Å². The number of carbonyl (C=O) groups excluding carboxylic acids is 1. The highest BCUT2D eigenvalue weighted by Crippen LogP contribution is 2.20. The third kappa shape index (κ3) is 6.00. The van der Waals surface area contributed by atoms with Gasteiger partial charge >= 0.3 is 6.03 Å². The van der Waals surface area contributed by atoms with Gasteiger partial charge in [-0.15, -0.1) is 0 Å². The predicted octanol–water partition coefficient (Wildman–Crippen LogP) is 4.19. The topological polar surface area (TPSA) is 100 Å². The van der Waals surface area contributed by atoms with E-state index in [4.69, 9.17) is 4.74 Å². The maximum absolute atomic E-state index is 13.6. The number of rotatable bonds is 8. The van der Waals surface area contributed by atoms with Gasteiger partial charge in [0.25, 0.3) is 0 Å². The molecule has 0 unspecified atom stereocenters. The number of aryl methyl sites for hydroxylation is 1. The first-order valence-corrected chi connectivity index (χ1v) is 9.54. The Bertz CT molecular complexity index is 1100. The van der Waals surface area contributed by atoms with E-state index in [1.165, 1.54) is 0 Å². The number of urea groups is 1. The van der Waals surface area contributed by atoms with Crippen molar-refractivity contribution in [2.45, 2.75) is 6.92 Å². The molecule has 3 aromatic rings. The molecule has 0 aliphatic rings. The monoisotopic (exact) mass is 446 g/mol. The Labute approximate surface area is 182 Å². The van der Waals surface area contributed by atoms with Gasteiger partial charge < -0.3 is 26.0 Å². The van der Waals surface area contributed by atoms with Crippen molar-refractivity contribution in [3.63, 3.8) is 0 Å². The first kappa shape index (κ1) is 22.7. The highest BCUT2D eigenvalue weighted by Gasteiger charge is 2.15. The van der Waals surface area contributed by atoms with Crippen molar-refractivity contribution >= 4 is 29.2 Å². The average Bonchev–Trinajstić information content (AvgIpc) is 2.77. The number of nitrogens with one attached hydrogen (secondary N) is 4. The van der Waals surface area contributed by atoms with Gasteiger partial charge in [0.15, 0.2) is 17.5 Å². The number of benzene rings is 2. The molecule has 0 fully saturated rings. The summed E-state index contributed by atoms with van der Waals surface area (Å²) in [6.45, 7) is 2.21. The van der Waals surface area contributed by atoms with Crippen LogP contribution in [0.4, 0.5) is 41.1 Å². The van der Waals surface area contributed by atoms with Crippen molar-refractivity contribution < 1.29 is 22.7 Å². The van der Waals surface area contributed by atoms with Gasteiger partial charge in [0, 0.05) is 30.5 Å². The maximum atomic E-state index is 13.6. The minimum absolute atomic E-state index is 0.135. The van der Waals surface area contributed by atoms with Crippen molar-refractivity contribution in [1.29, 1.82) is 0 Å². The summed E-state index contributed by atoms with van der Waals surface area (Å²) in [5, 5.41) is 10.7. The standard InChI is InChI=1S/C21H21F3N6O2/c1-12-11-17(28-13-3-5-14(32-2)6-4-13)30-20(27-12)25-9-10-26-21(31)29-16-8-7-15(22)18(23)19(16)24/h3-8,11H,9-10H2,1-2H3,(H2,26,29,31)(H2,25,27,28,30). The van der Waals surface area contributed by atoms with Crippen molar-refractivity contribution in [1.82, 2.24) is 15.3 Å². The Balaban J connectivity index is 1.50. The number of hydrogen-bond donors (Lipinski definition) is 4. The van der Waals surface area contributed by atoms with E-state index >= 15 is 0 Å². The fourth-order valence-electron chi connectivity index (χ4n) is 2.67. The van der Waals surface area contributed by atoms with Crippen molar-refractivity contribution in [3.05, 3.63) is 65.6 Å². The summed E-state index contributed by atoms with van der Waals surface area (Å²) in [6, 6.07) is 9.99. The molecular formula is C21H21F3N6O2. The number of carbonyl (C=O) groups is 1. The highest BCUT2D eigenvalue weighted by molar-refractivity contribution is 5.89. The van der Waals surface area contributed by atoms with Gasteiger partial charge in [-0.2, -0.15) is 4.98 Å². The molecular weight excluding hydrogens is 425 g/mol. The summed E-state index contributed by atoms with van der Waals surface area (Å²) in [5.41, 5.74) is 1.07. The summed E-state index contributed by atoms with van der Waals surface area (Å²) >= 11 is 0. The van der Waals surface area contributed by atoms with E-state index in [9.17, 15) is 18.0 Å². The maximum Gasteiger partial charge on any atom is 0.319 e. The molecule has 0 spiro atoms. The largest absolute Gasteiger partial charge is 0.497 e. The van der Waals surface area contributed by atoms with Crippen LogP contribution in [-0.2, 0) is 0 Å². The second kappa shape index (κ2) is 10.3. The average molecular weight is 446 g/mol. The Kier molecular flexibility index (Phi) is 7.32. The number of halogens is 3. The molecule has 8 nitrogen and oxygen atoms in total. The van der Waals surface area contributed by atoms with E-state index in [1.807, 2.05) is 31.2 Å². The minimum atomic E-state index is -1.65. The van der Waals surface area contributed by atoms with Crippen LogP contribution in [0.15, 0.2) is 42.5 Å². The molecule has 2 aromatic carbocycles. The van der Waals surface area contributed by atoms with Crippen LogP contribution in [0.1, 0.15) is 5.69 Å². The van der Waals surface area contributed by atoms with E-state index in [1.54, 1.807) is 13.2 Å². The van der Waals surface area contributed by atoms with Crippen LogP contribution < -0.4 is 26.0 Å². The number of methoxy groups -OCH3 is 1. The fraction of sp³-hybridized carbons (Fsp3) is 0.190. The van der Waals surface area contributed by atoms with E-state index in [-0.39, 0.29) is 13.1 Å². The number of nitrogens with zero attached hydrogens (tertiary/aromatic N) is 2. The molecule has 2 amide bonds. The molecule has 1 heterocycles. The van der Waals surface area contributed by atoms with Crippen LogP contribution in [0.5, 0.6) is 5.75 Å². The molecule has 0 saturated heterocycles. The Hall–Kier alpha value is -4.02. The van der Waals surface area contributed by atoms with Crippen LogP contribution in [0.2, 0.25) is 0 Å². The number of amides is 2.